The Hall–Kier alpha value is -3.56. The second-order valence-electron chi connectivity index (χ2n) is 13.7. The summed E-state index contributed by atoms with van der Waals surface area (Å²) >= 11 is 6.18. The average molecular weight is 619 g/mol. The Kier molecular flexibility index (Phi) is 7.16. The molecule has 8 nitrogen and oxygen atoms in total. The Morgan fingerprint density at radius 3 is 2.50 bits per heavy atom. The van der Waals surface area contributed by atoms with Crippen LogP contribution >= 0.6 is 11.6 Å². The first-order valence-corrected chi connectivity index (χ1v) is 15.8. The van der Waals surface area contributed by atoms with Gasteiger partial charge in [-0.3, -0.25) is 29.4 Å². The number of allylic oxidation sites excluding steroid dienone is 1. The van der Waals surface area contributed by atoms with Gasteiger partial charge in [-0.2, -0.15) is 0 Å². The van der Waals surface area contributed by atoms with Crippen LogP contribution in [0.4, 0.5) is 4.39 Å². The van der Waals surface area contributed by atoms with E-state index >= 15 is 4.39 Å². The zero-order valence-corrected chi connectivity index (χ0v) is 25.8. The molecule has 1 N–H and O–H groups in total. The number of piperidine rings is 2. The predicted molar refractivity (Wildman–Crippen MR) is 163 cm³/mol. The summed E-state index contributed by atoms with van der Waals surface area (Å²) in [5, 5.41) is 2.99. The van der Waals surface area contributed by atoms with Crippen LogP contribution in [0.1, 0.15) is 84.2 Å². The molecular formula is C34H36ClFN4O4. The van der Waals surface area contributed by atoms with Gasteiger partial charge in [0.2, 0.25) is 11.8 Å². The van der Waals surface area contributed by atoms with Gasteiger partial charge in [-0.05, 0) is 78.5 Å². The molecule has 0 radical (unpaired) electrons. The molecule has 0 saturated carbocycles. The molecule has 5 heterocycles. The summed E-state index contributed by atoms with van der Waals surface area (Å²) in [7, 11) is 0. The lowest BCUT2D eigenvalue weighted by Gasteiger charge is -2.57. The van der Waals surface area contributed by atoms with E-state index in [0.717, 1.165) is 43.3 Å². The first-order valence-electron chi connectivity index (χ1n) is 15.5. The molecular weight excluding hydrogens is 583 g/mol. The van der Waals surface area contributed by atoms with Crippen molar-refractivity contribution < 1.29 is 23.6 Å². The van der Waals surface area contributed by atoms with Gasteiger partial charge in [-0.15, -0.1) is 0 Å². The lowest BCUT2D eigenvalue weighted by molar-refractivity contribution is -0.136. The molecule has 2 bridgehead atoms. The minimum absolute atomic E-state index is 0.0272. The summed E-state index contributed by atoms with van der Waals surface area (Å²) in [5.41, 5.74) is 4.86. The van der Waals surface area contributed by atoms with E-state index in [-0.39, 0.29) is 59.8 Å². The van der Waals surface area contributed by atoms with Gasteiger partial charge < -0.3 is 9.80 Å². The number of halogens is 2. The van der Waals surface area contributed by atoms with Crippen LogP contribution in [0.5, 0.6) is 0 Å². The van der Waals surface area contributed by atoms with Gasteiger partial charge in [0.15, 0.2) is 0 Å². The minimum atomic E-state index is -0.836. The molecule has 4 saturated heterocycles. The van der Waals surface area contributed by atoms with Crippen molar-refractivity contribution in [2.75, 3.05) is 19.6 Å². The molecule has 2 aromatic rings. The van der Waals surface area contributed by atoms with Gasteiger partial charge in [0.1, 0.15) is 11.9 Å². The van der Waals surface area contributed by atoms with E-state index in [1.807, 2.05) is 17.0 Å². The van der Waals surface area contributed by atoms with E-state index in [2.05, 4.69) is 36.2 Å². The molecule has 10 heteroatoms. The van der Waals surface area contributed by atoms with Crippen molar-refractivity contribution in [3.8, 4) is 0 Å². The fourth-order valence-corrected chi connectivity index (χ4v) is 7.89. The number of hydrogen-bond donors (Lipinski definition) is 1. The summed E-state index contributed by atoms with van der Waals surface area (Å²) in [6.45, 7) is 6.71. The summed E-state index contributed by atoms with van der Waals surface area (Å²) in [6.07, 6.45) is 4.56. The van der Waals surface area contributed by atoms with Crippen molar-refractivity contribution in [1.29, 1.82) is 0 Å². The lowest BCUT2D eigenvalue weighted by atomic mass is 9.72. The van der Waals surface area contributed by atoms with Crippen molar-refractivity contribution in [3.63, 3.8) is 0 Å². The zero-order chi connectivity index (χ0) is 30.9. The number of imide groups is 1. The van der Waals surface area contributed by atoms with Crippen LogP contribution < -0.4 is 5.32 Å². The van der Waals surface area contributed by atoms with Gasteiger partial charge in [-0.1, -0.05) is 43.2 Å². The van der Waals surface area contributed by atoms with Crippen LogP contribution in [0.15, 0.2) is 42.0 Å². The van der Waals surface area contributed by atoms with Gasteiger partial charge in [0.05, 0.1) is 5.56 Å². The van der Waals surface area contributed by atoms with Crippen molar-refractivity contribution in [2.24, 2.45) is 5.41 Å². The van der Waals surface area contributed by atoms with Crippen LogP contribution in [0, 0.1) is 11.2 Å². The number of rotatable bonds is 5. The molecule has 8 rings (SSSR count). The van der Waals surface area contributed by atoms with E-state index in [0.29, 0.717) is 18.7 Å². The summed E-state index contributed by atoms with van der Waals surface area (Å²) in [4.78, 5) is 56.3. The van der Waals surface area contributed by atoms with Crippen molar-refractivity contribution >= 4 is 40.8 Å². The fourth-order valence-electron chi connectivity index (χ4n) is 7.76. The third-order valence-electron chi connectivity index (χ3n) is 10.2. The lowest BCUT2D eigenvalue weighted by Crippen LogP contribution is -2.69. The van der Waals surface area contributed by atoms with Gasteiger partial charge in [0, 0.05) is 55.3 Å². The monoisotopic (exact) mass is 618 g/mol. The number of carbonyl (C=O) groups is 4. The van der Waals surface area contributed by atoms with Gasteiger partial charge in [0.25, 0.3) is 11.8 Å². The highest BCUT2D eigenvalue weighted by Gasteiger charge is 2.47. The second kappa shape index (κ2) is 10.8. The standard InChI is InChI=1S/C34H36ClFN4O4/c1-34(2)10-9-20(26(14-34)19-3-5-23(35)6-4-19)15-39-24-13-25(39)18-38(17-24)32(43)21-11-22-16-40(33(44)30(22)27(36)12-21)28-7-8-29(41)37-31(28)42/h3-6,11-12,24-25,28H,7-10,13-18H2,1-2H3,(H,37,41,42). The summed E-state index contributed by atoms with van der Waals surface area (Å²) in [5.74, 6) is -2.51. The maximum atomic E-state index is 15.3. The van der Waals surface area contributed by atoms with Crippen LogP contribution in [-0.4, -0.2) is 76.1 Å². The highest BCUT2D eigenvalue weighted by molar-refractivity contribution is 6.30. The molecule has 4 fully saturated rings. The highest BCUT2D eigenvalue weighted by Crippen LogP contribution is 2.45. The van der Waals surface area contributed by atoms with Gasteiger partial charge in [-0.25, -0.2) is 4.39 Å². The Morgan fingerprint density at radius 2 is 1.80 bits per heavy atom. The Morgan fingerprint density at radius 1 is 1.07 bits per heavy atom. The molecule has 44 heavy (non-hydrogen) atoms. The number of carbonyl (C=O) groups excluding carboxylic acids is 4. The molecule has 0 aromatic heterocycles. The summed E-state index contributed by atoms with van der Waals surface area (Å²) in [6, 6.07) is 10.5. The molecule has 6 aliphatic rings. The second-order valence-corrected chi connectivity index (χ2v) is 14.2. The topological polar surface area (TPSA) is 90.0 Å². The molecule has 3 atom stereocenters. The predicted octanol–water partition coefficient (Wildman–Crippen LogP) is 4.80. The summed E-state index contributed by atoms with van der Waals surface area (Å²) < 4.78 is 15.3. The normalized spacial score (nSPS) is 26.5. The van der Waals surface area contributed by atoms with E-state index in [4.69, 9.17) is 11.6 Å². The van der Waals surface area contributed by atoms with Gasteiger partial charge >= 0.3 is 0 Å². The molecule has 4 amide bonds. The average Bonchev–Trinajstić information content (AvgIpc) is 3.32. The molecule has 230 valence electrons. The smallest absolute Gasteiger partial charge is 0.258 e. The van der Waals surface area contributed by atoms with Crippen molar-refractivity contribution in [2.45, 2.75) is 77.0 Å². The number of nitrogens with zero attached hydrogens (tertiary/aromatic N) is 3. The Labute approximate surface area is 261 Å². The highest BCUT2D eigenvalue weighted by atomic mass is 35.5. The third kappa shape index (κ3) is 5.13. The Bertz CT molecular complexity index is 1610. The largest absolute Gasteiger partial charge is 0.336 e. The fraction of sp³-hybridized carbons (Fsp3) is 0.471. The van der Waals surface area contributed by atoms with E-state index in [1.54, 1.807) is 6.07 Å². The molecule has 2 aromatic carbocycles. The Balaban J connectivity index is 1.05. The van der Waals surface area contributed by atoms with Crippen LogP contribution in [0.25, 0.3) is 5.57 Å². The number of amides is 4. The van der Waals surface area contributed by atoms with Crippen LogP contribution in [-0.2, 0) is 16.1 Å². The zero-order valence-electron chi connectivity index (χ0n) is 25.0. The number of hydrogen-bond acceptors (Lipinski definition) is 5. The molecule has 5 aliphatic heterocycles. The maximum absolute atomic E-state index is 15.3. The molecule has 3 unspecified atom stereocenters. The van der Waals surface area contributed by atoms with Crippen molar-refractivity contribution in [3.05, 3.63) is 75.1 Å². The quantitative estimate of drug-likeness (QED) is 0.486. The van der Waals surface area contributed by atoms with Crippen molar-refractivity contribution in [1.82, 2.24) is 20.0 Å². The third-order valence-corrected chi connectivity index (χ3v) is 10.5. The number of benzene rings is 2. The first-order chi connectivity index (χ1) is 21.0. The van der Waals surface area contributed by atoms with E-state index in [9.17, 15) is 19.2 Å². The number of fused-ring (bicyclic) bond motifs is 3. The first kappa shape index (κ1) is 29.2. The minimum Gasteiger partial charge on any atom is -0.336 e. The SMILES string of the molecule is CC1(C)CCC(CN2C3CC2CN(C(=O)c2cc(F)c4c(c2)CN(C2CCC(=O)NC2=O)C4=O)C3)=C(c2ccc(Cl)cc2)C1. The van der Waals surface area contributed by atoms with Crippen LogP contribution in [0.3, 0.4) is 0 Å². The molecule has 0 spiro atoms. The number of piperazine rings is 1. The van der Waals surface area contributed by atoms with Crippen LogP contribution in [0.2, 0.25) is 5.02 Å². The number of nitrogens with one attached hydrogen (secondary N) is 1. The van der Waals surface area contributed by atoms with E-state index < -0.39 is 23.7 Å². The maximum Gasteiger partial charge on any atom is 0.258 e. The molecule has 1 aliphatic carbocycles. The van der Waals surface area contributed by atoms with E-state index in [1.165, 1.54) is 21.6 Å².